The van der Waals surface area contributed by atoms with Gasteiger partial charge in [0.2, 0.25) is 0 Å². The second-order valence-electron chi connectivity index (χ2n) is 4.77. The molecule has 1 rings (SSSR count). The predicted molar refractivity (Wildman–Crippen MR) is 56.9 cm³/mol. The molecule has 1 aliphatic rings. The lowest BCUT2D eigenvalue weighted by atomic mass is 9.58. The van der Waals surface area contributed by atoms with Crippen LogP contribution in [0, 0.1) is 11.3 Å². The molecule has 0 aromatic rings. The minimum absolute atomic E-state index is 0.0325. The third kappa shape index (κ3) is 1.42. The highest BCUT2D eigenvalue weighted by Crippen LogP contribution is 2.48. The number of rotatable bonds is 2. The summed E-state index contributed by atoms with van der Waals surface area (Å²) < 4.78 is 0. The number of Topliss-reactive ketones (excluding diaryl/α,β-unsaturated/α-hetero) is 1. The molecule has 0 unspecified atom stereocenters. The Morgan fingerprint density at radius 2 is 2.14 bits per heavy atom. The molecule has 0 spiro atoms. The lowest BCUT2D eigenvalue weighted by molar-refractivity contribution is -0.156. The van der Waals surface area contributed by atoms with E-state index in [1.807, 2.05) is 6.92 Å². The van der Waals surface area contributed by atoms with Gasteiger partial charge < -0.3 is 5.11 Å². The third-order valence-electron chi connectivity index (χ3n) is 4.09. The number of carbonyl (C=O) groups excluding carboxylic acids is 1. The summed E-state index contributed by atoms with van der Waals surface area (Å²) in [5.41, 5.74) is -1.55. The molecule has 0 aliphatic heterocycles. The van der Waals surface area contributed by atoms with E-state index in [2.05, 4.69) is 6.58 Å². The number of carbonyl (C=O) groups is 1. The molecule has 1 saturated carbocycles. The molecule has 0 aromatic carbocycles. The Morgan fingerprint density at radius 3 is 2.57 bits per heavy atom. The summed E-state index contributed by atoms with van der Waals surface area (Å²) in [5.74, 6) is 0.110. The Kier molecular flexibility index (Phi) is 2.86. The largest absolute Gasteiger partial charge is 0.389 e. The van der Waals surface area contributed by atoms with E-state index in [0.29, 0.717) is 0 Å². The van der Waals surface area contributed by atoms with Crippen molar-refractivity contribution >= 4 is 5.78 Å². The van der Waals surface area contributed by atoms with Crippen molar-refractivity contribution in [2.24, 2.45) is 11.3 Å². The molecule has 0 aromatic heterocycles. The lowest BCUT2D eigenvalue weighted by Gasteiger charge is -2.49. The average Bonchev–Trinajstić information content (AvgIpc) is 2.09. The summed E-state index contributed by atoms with van der Waals surface area (Å²) in [5, 5.41) is 10.4. The van der Waals surface area contributed by atoms with E-state index in [-0.39, 0.29) is 11.7 Å². The van der Waals surface area contributed by atoms with Crippen LogP contribution in [0.3, 0.4) is 0 Å². The molecule has 80 valence electrons. The molecule has 0 saturated heterocycles. The van der Waals surface area contributed by atoms with Crippen LogP contribution in [0.1, 0.15) is 40.0 Å². The summed E-state index contributed by atoms with van der Waals surface area (Å²) in [6.45, 7) is 8.93. The number of ketones is 1. The molecule has 2 heteroatoms. The summed E-state index contributed by atoms with van der Waals surface area (Å²) in [4.78, 5) is 11.6. The van der Waals surface area contributed by atoms with E-state index in [4.69, 9.17) is 0 Å². The molecule has 0 heterocycles. The number of hydrogen-bond donors (Lipinski definition) is 1. The maximum atomic E-state index is 11.6. The van der Waals surface area contributed by atoms with Gasteiger partial charge in [-0.05, 0) is 33.6 Å². The van der Waals surface area contributed by atoms with Crippen molar-refractivity contribution in [3.05, 3.63) is 12.7 Å². The van der Waals surface area contributed by atoms with Gasteiger partial charge in [-0.1, -0.05) is 12.5 Å². The predicted octanol–water partition coefficient (Wildman–Crippen LogP) is 2.32. The van der Waals surface area contributed by atoms with Crippen LogP contribution in [-0.4, -0.2) is 16.5 Å². The minimum Gasteiger partial charge on any atom is -0.389 e. The van der Waals surface area contributed by atoms with Gasteiger partial charge in [-0.2, -0.15) is 0 Å². The van der Waals surface area contributed by atoms with Crippen LogP contribution in [0.4, 0.5) is 0 Å². The third-order valence-corrected chi connectivity index (χ3v) is 4.09. The Morgan fingerprint density at radius 1 is 1.57 bits per heavy atom. The van der Waals surface area contributed by atoms with Crippen LogP contribution in [0.25, 0.3) is 0 Å². The van der Waals surface area contributed by atoms with E-state index >= 15 is 0 Å². The summed E-state index contributed by atoms with van der Waals surface area (Å²) in [7, 11) is 0. The molecular weight excluding hydrogens is 176 g/mol. The minimum atomic E-state index is -0.946. The van der Waals surface area contributed by atoms with Gasteiger partial charge >= 0.3 is 0 Å². The SMILES string of the molecule is C=C[C@@H]1CCC[C@@](C)(C(C)=O)[C@@]1(C)O. The van der Waals surface area contributed by atoms with Crippen molar-refractivity contribution in [1.82, 2.24) is 0 Å². The van der Waals surface area contributed by atoms with E-state index in [0.717, 1.165) is 19.3 Å². The average molecular weight is 196 g/mol. The first-order valence-corrected chi connectivity index (χ1v) is 5.22. The van der Waals surface area contributed by atoms with Crippen molar-refractivity contribution < 1.29 is 9.90 Å². The fourth-order valence-electron chi connectivity index (χ4n) is 2.50. The van der Waals surface area contributed by atoms with Gasteiger partial charge in [0.25, 0.3) is 0 Å². The van der Waals surface area contributed by atoms with Crippen molar-refractivity contribution in [1.29, 1.82) is 0 Å². The second kappa shape index (κ2) is 3.50. The molecular formula is C12H20O2. The zero-order valence-corrected chi connectivity index (χ0v) is 9.34. The molecule has 0 amide bonds. The van der Waals surface area contributed by atoms with E-state index in [1.165, 1.54) is 0 Å². The van der Waals surface area contributed by atoms with Crippen LogP contribution in [0.5, 0.6) is 0 Å². The maximum Gasteiger partial charge on any atom is 0.138 e. The molecule has 2 nitrogen and oxygen atoms in total. The summed E-state index contributed by atoms with van der Waals surface area (Å²) >= 11 is 0. The van der Waals surface area contributed by atoms with Crippen LogP contribution < -0.4 is 0 Å². The number of aliphatic hydroxyl groups is 1. The van der Waals surface area contributed by atoms with E-state index < -0.39 is 11.0 Å². The lowest BCUT2D eigenvalue weighted by Crippen LogP contribution is -2.55. The van der Waals surface area contributed by atoms with Crippen molar-refractivity contribution in [3.63, 3.8) is 0 Å². The summed E-state index contributed by atoms with van der Waals surface area (Å²) in [6, 6.07) is 0. The zero-order chi connectivity index (χ0) is 11.0. The van der Waals surface area contributed by atoms with Gasteiger partial charge in [0, 0.05) is 5.92 Å². The van der Waals surface area contributed by atoms with Gasteiger partial charge in [-0.15, -0.1) is 6.58 Å². The topological polar surface area (TPSA) is 37.3 Å². The van der Waals surface area contributed by atoms with Crippen LogP contribution in [-0.2, 0) is 4.79 Å². The Labute approximate surface area is 86.0 Å². The smallest absolute Gasteiger partial charge is 0.138 e. The van der Waals surface area contributed by atoms with Gasteiger partial charge in [-0.25, -0.2) is 0 Å². The first-order valence-electron chi connectivity index (χ1n) is 5.22. The standard InChI is InChI=1S/C12H20O2/c1-5-10-7-6-8-11(3,9(2)13)12(10,4)14/h5,10,14H,1,6-8H2,2-4H3/t10-,11+,12+/m1/s1. The van der Waals surface area contributed by atoms with Crippen LogP contribution >= 0.6 is 0 Å². The van der Waals surface area contributed by atoms with Gasteiger partial charge in [0.15, 0.2) is 0 Å². The molecule has 0 radical (unpaired) electrons. The molecule has 1 N–H and O–H groups in total. The van der Waals surface area contributed by atoms with Crippen LogP contribution in [0.15, 0.2) is 12.7 Å². The fourth-order valence-corrected chi connectivity index (χ4v) is 2.50. The zero-order valence-electron chi connectivity index (χ0n) is 9.34. The highest BCUT2D eigenvalue weighted by atomic mass is 16.3. The first-order chi connectivity index (χ1) is 6.36. The van der Waals surface area contributed by atoms with E-state index in [9.17, 15) is 9.90 Å². The van der Waals surface area contributed by atoms with Crippen molar-refractivity contribution in [2.45, 2.75) is 45.6 Å². The highest BCUT2D eigenvalue weighted by Gasteiger charge is 2.52. The molecule has 3 atom stereocenters. The maximum absolute atomic E-state index is 11.6. The Hall–Kier alpha value is -0.630. The van der Waals surface area contributed by atoms with Crippen molar-refractivity contribution in [2.75, 3.05) is 0 Å². The molecule has 14 heavy (non-hydrogen) atoms. The monoisotopic (exact) mass is 196 g/mol. The van der Waals surface area contributed by atoms with E-state index in [1.54, 1.807) is 19.9 Å². The highest BCUT2D eigenvalue weighted by molar-refractivity contribution is 5.83. The van der Waals surface area contributed by atoms with Gasteiger partial charge in [0.1, 0.15) is 5.78 Å². The Balaban J connectivity index is 3.07. The van der Waals surface area contributed by atoms with Crippen molar-refractivity contribution in [3.8, 4) is 0 Å². The second-order valence-corrected chi connectivity index (χ2v) is 4.77. The molecule has 1 fully saturated rings. The number of hydrogen-bond acceptors (Lipinski definition) is 2. The molecule has 1 aliphatic carbocycles. The fraction of sp³-hybridized carbons (Fsp3) is 0.750. The normalized spacial score (nSPS) is 43.3. The molecule has 0 bridgehead atoms. The Bertz CT molecular complexity index is 255. The van der Waals surface area contributed by atoms with Crippen LogP contribution in [0.2, 0.25) is 0 Å². The van der Waals surface area contributed by atoms with Gasteiger partial charge in [-0.3, -0.25) is 4.79 Å². The summed E-state index contributed by atoms with van der Waals surface area (Å²) in [6.07, 6.45) is 4.47. The quantitative estimate of drug-likeness (QED) is 0.688. The first kappa shape index (κ1) is 11.4. The van der Waals surface area contributed by atoms with Gasteiger partial charge in [0.05, 0.1) is 11.0 Å².